The van der Waals surface area contributed by atoms with Gasteiger partial charge in [0.05, 0.1) is 11.1 Å². The van der Waals surface area contributed by atoms with E-state index in [1.807, 2.05) is 0 Å². The number of alkyl halides is 3. The smallest absolute Gasteiger partial charge is 0.389 e. The van der Waals surface area contributed by atoms with Gasteiger partial charge in [-0.2, -0.15) is 13.2 Å². The molecule has 1 aliphatic heterocycles. The second-order valence-corrected chi connectivity index (χ2v) is 4.59. The van der Waals surface area contributed by atoms with E-state index in [4.69, 9.17) is 21.1 Å². The van der Waals surface area contributed by atoms with Crippen LogP contribution >= 0.6 is 11.6 Å². The van der Waals surface area contributed by atoms with Crippen LogP contribution in [0, 0.1) is 0 Å². The molecule has 0 saturated heterocycles. The zero-order valence-electron chi connectivity index (χ0n) is 9.84. The van der Waals surface area contributed by atoms with Gasteiger partial charge in [-0.25, -0.2) is 0 Å². The molecule has 19 heavy (non-hydrogen) atoms. The first kappa shape index (κ1) is 14.3. The lowest BCUT2D eigenvalue weighted by atomic mass is 10.0. The first-order valence-electron chi connectivity index (χ1n) is 5.70. The highest BCUT2D eigenvalue weighted by Crippen LogP contribution is 2.39. The molecule has 1 aliphatic rings. The number of fused-ring (bicyclic) bond motifs is 1. The van der Waals surface area contributed by atoms with Gasteiger partial charge in [0.25, 0.3) is 0 Å². The molecule has 2 rings (SSSR count). The first-order chi connectivity index (χ1) is 8.87. The molecule has 0 bridgehead atoms. The lowest BCUT2D eigenvalue weighted by Gasteiger charge is -2.21. The fraction of sp³-hybridized carbons (Fsp3) is 0.500. The van der Waals surface area contributed by atoms with Crippen molar-refractivity contribution in [3.8, 4) is 11.5 Å². The van der Waals surface area contributed by atoms with Gasteiger partial charge in [-0.05, 0) is 12.5 Å². The normalized spacial score (nSPS) is 16.3. The third-order valence-corrected chi connectivity index (χ3v) is 3.05. The van der Waals surface area contributed by atoms with E-state index in [0.29, 0.717) is 24.7 Å². The Morgan fingerprint density at radius 1 is 1.21 bits per heavy atom. The van der Waals surface area contributed by atoms with Gasteiger partial charge in [-0.3, -0.25) is 0 Å². The number of hydrogen-bond donors (Lipinski definition) is 1. The van der Waals surface area contributed by atoms with Crippen LogP contribution in [0.2, 0.25) is 5.02 Å². The Kier molecular flexibility index (Phi) is 4.10. The maximum absolute atomic E-state index is 12.1. The Labute approximate surface area is 112 Å². The average molecular weight is 297 g/mol. The van der Waals surface area contributed by atoms with Crippen LogP contribution in [0.15, 0.2) is 12.1 Å². The summed E-state index contributed by atoms with van der Waals surface area (Å²) in [6.45, 7) is 0.742. The molecule has 106 valence electrons. The minimum absolute atomic E-state index is 0.166. The molecule has 1 heterocycles. The fourth-order valence-corrected chi connectivity index (χ4v) is 2.07. The van der Waals surface area contributed by atoms with Gasteiger partial charge in [-0.1, -0.05) is 11.6 Å². The van der Waals surface area contributed by atoms with Gasteiger partial charge >= 0.3 is 6.18 Å². The van der Waals surface area contributed by atoms with Crippen molar-refractivity contribution in [1.29, 1.82) is 0 Å². The zero-order valence-corrected chi connectivity index (χ0v) is 10.6. The monoisotopic (exact) mass is 296 g/mol. The maximum atomic E-state index is 12.1. The maximum Gasteiger partial charge on any atom is 0.389 e. The largest absolute Gasteiger partial charge is 0.486 e. The molecule has 0 fully saturated rings. The summed E-state index contributed by atoms with van der Waals surface area (Å²) in [6.07, 6.45) is -7.10. The Morgan fingerprint density at radius 2 is 1.79 bits per heavy atom. The van der Waals surface area contributed by atoms with Crippen molar-refractivity contribution in [2.75, 3.05) is 13.2 Å². The molecule has 1 atom stereocenters. The minimum atomic E-state index is -4.30. The Balaban J connectivity index is 2.15. The Bertz CT molecular complexity index is 462. The minimum Gasteiger partial charge on any atom is -0.486 e. The van der Waals surface area contributed by atoms with Crippen LogP contribution in [0.5, 0.6) is 11.5 Å². The third kappa shape index (κ3) is 3.67. The molecule has 1 N–H and O–H groups in total. The summed E-state index contributed by atoms with van der Waals surface area (Å²) < 4.78 is 46.9. The molecule has 1 unspecified atom stereocenters. The second-order valence-electron chi connectivity index (χ2n) is 4.19. The molecule has 0 radical (unpaired) electrons. The van der Waals surface area contributed by atoms with Crippen LogP contribution in [0.3, 0.4) is 0 Å². The number of benzene rings is 1. The van der Waals surface area contributed by atoms with Gasteiger partial charge in [0.15, 0.2) is 11.5 Å². The number of hydrogen-bond acceptors (Lipinski definition) is 3. The summed E-state index contributed by atoms with van der Waals surface area (Å²) in [5.41, 5.74) is 0.218. The Morgan fingerprint density at radius 3 is 2.37 bits per heavy atom. The molecule has 1 aromatic carbocycles. The highest BCUT2D eigenvalue weighted by atomic mass is 35.5. The predicted octanol–water partition coefficient (Wildman–Crippen LogP) is 3.49. The van der Waals surface area contributed by atoms with Gasteiger partial charge < -0.3 is 14.6 Å². The van der Waals surface area contributed by atoms with E-state index in [1.165, 1.54) is 12.1 Å². The molecular formula is C12H12ClF3O3. The van der Waals surface area contributed by atoms with Crippen LogP contribution in [0.25, 0.3) is 0 Å². The number of aliphatic hydroxyl groups is 1. The summed E-state index contributed by atoms with van der Waals surface area (Å²) >= 11 is 5.93. The standard InChI is InChI=1S/C12H12ClF3O3/c13-8-6-11-10(18-3-4-19-11)5-7(8)9(17)1-2-12(14,15)16/h5-6,9,17H,1-4H2. The summed E-state index contributed by atoms with van der Waals surface area (Å²) in [5, 5.41) is 9.95. The quantitative estimate of drug-likeness (QED) is 0.928. The van der Waals surface area contributed by atoms with Crippen molar-refractivity contribution in [3.63, 3.8) is 0 Å². The molecule has 0 spiro atoms. The van der Waals surface area contributed by atoms with Crippen LogP contribution in [-0.2, 0) is 0 Å². The number of rotatable bonds is 3. The molecular weight excluding hydrogens is 285 g/mol. The number of aliphatic hydroxyl groups excluding tert-OH is 1. The van der Waals surface area contributed by atoms with Crippen molar-refractivity contribution in [3.05, 3.63) is 22.7 Å². The SMILES string of the molecule is OC(CCC(F)(F)F)c1cc2c(cc1Cl)OCCO2. The summed E-state index contributed by atoms with van der Waals surface area (Å²) in [7, 11) is 0. The lowest BCUT2D eigenvalue weighted by molar-refractivity contribution is -0.140. The van der Waals surface area contributed by atoms with Gasteiger partial charge in [0.1, 0.15) is 13.2 Å². The van der Waals surface area contributed by atoms with Gasteiger partial charge in [-0.15, -0.1) is 0 Å². The predicted molar refractivity (Wildman–Crippen MR) is 62.7 cm³/mol. The summed E-state index contributed by atoms with van der Waals surface area (Å²) in [4.78, 5) is 0. The van der Waals surface area contributed by atoms with Crippen molar-refractivity contribution in [2.45, 2.75) is 25.1 Å². The molecule has 1 aromatic rings. The summed E-state index contributed by atoms with van der Waals surface area (Å²) in [5.74, 6) is 0.819. The highest BCUT2D eigenvalue weighted by molar-refractivity contribution is 6.31. The van der Waals surface area contributed by atoms with E-state index in [9.17, 15) is 18.3 Å². The average Bonchev–Trinajstić information content (AvgIpc) is 2.34. The topological polar surface area (TPSA) is 38.7 Å². The van der Waals surface area contributed by atoms with E-state index < -0.39 is 25.1 Å². The van der Waals surface area contributed by atoms with Crippen LogP contribution in [-0.4, -0.2) is 24.5 Å². The van der Waals surface area contributed by atoms with Crippen molar-refractivity contribution < 1.29 is 27.8 Å². The fourth-order valence-electron chi connectivity index (χ4n) is 1.79. The van der Waals surface area contributed by atoms with E-state index in [1.54, 1.807) is 0 Å². The molecule has 3 nitrogen and oxygen atoms in total. The van der Waals surface area contributed by atoms with E-state index in [-0.39, 0.29) is 10.6 Å². The van der Waals surface area contributed by atoms with Crippen molar-refractivity contribution >= 4 is 11.6 Å². The highest BCUT2D eigenvalue weighted by Gasteiger charge is 2.29. The molecule has 0 amide bonds. The lowest BCUT2D eigenvalue weighted by Crippen LogP contribution is -2.16. The van der Waals surface area contributed by atoms with Crippen LogP contribution in [0.4, 0.5) is 13.2 Å². The van der Waals surface area contributed by atoms with Crippen LogP contribution in [0.1, 0.15) is 24.5 Å². The zero-order chi connectivity index (χ0) is 14.0. The second kappa shape index (κ2) is 5.46. The molecule has 0 saturated carbocycles. The van der Waals surface area contributed by atoms with Crippen molar-refractivity contribution in [1.82, 2.24) is 0 Å². The van der Waals surface area contributed by atoms with Gasteiger partial charge in [0, 0.05) is 18.1 Å². The number of halogens is 4. The third-order valence-electron chi connectivity index (χ3n) is 2.72. The molecule has 0 aromatic heterocycles. The van der Waals surface area contributed by atoms with Crippen molar-refractivity contribution in [2.24, 2.45) is 0 Å². The van der Waals surface area contributed by atoms with Gasteiger partial charge in [0.2, 0.25) is 0 Å². The molecule has 0 aliphatic carbocycles. The molecule has 7 heteroatoms. The Hall–Kier alpha value is -1.14. The van der Waals surface area contributed by atoms with E-state index in [0.717, 1.165) is 0 Å². The van der Waals surface area contributed by atoms with E-state index in [2.05, 4.69) is 0 Å². The summed E-state index contributed by atoms with van der Waals surface area (Å²) in [6, 6.07) is 2.88. The van der Waals surface area contributed by atoms with E-state index >= 15 is 0 Å². The number of ether oxygens (including phenoxy) is 2. The van der Waals surface area contributed by atoms with Crippen LogP contribution < -0.4 is 9.47 Å². The first-order valence-corrected chi connectivity index (χ1v) is 6.08.